The van der Waals surface area contributed by atoms with Gasteiger partial charge in [-0.15, -0.1) is 0 Å². The fourth-order valence-electron chi connectivity index (χ4n) is 1.19. The highest BCUT2D eigenvalue weighted by Crippen LogP contribution is 2.05. The van der Waals surface area contributed by atoms with E-state index in [1.807, 2.05) is 6.92 Å². The molecule has 88 valence electrons. The van der Waals surface area contributed by atoms with Gasteiger partial charge in [-0.25, -0.2) is 0 Å². The maximum atomic E-state index is 11.5. The van der Waals surface area contributed by atoms with Gasteiger partial charge in [-0.05, 0) is 5.92 Å². The molecule has 0 aliphatic heterocycles. The summed E-state index contributed by atoms with van der Waals surface area (Å²) in [5.41, 5.74) is 0. The number of methoxy groups -OCH3 is 1. The number of hydrogen-bond donors (Lipinski definition) is 1. The number of hydrogen-bond acceptors (Lipinski definition) is 3. The minimum Gasteiger partial charge on any atom is -0.481 e. The molecule has 0 aromatic rings. The lowest BCUT2D eigenvalue weighted by molar-refractivity contribution is -0.138. The van der Waals surface area contributed by atoms with E-state index >= 15 is 0 Å². The smallest absolute Gasteiger partial charge is 0.305 e. The average Bonchev–Trinajstić information content (AvgIpc) is 2.14. The lowest BCUT2D eigenvalue weighted by atomic mass is 10.1. The molecule has 5 heteroatoms. The molecule has 0 aliphatic carbocycles. The standard InChI is InChI=1S/C10H19NO4/c1-8(7-15-3)6-9(12)11(2)5-4-10(13)14/h8H,4-7H2,1-3H3,(H,13,14). The van der Waals surface area contributed by atoms with Crippen LogP contribution < -0.4 is 0 Å². The molecule has 0 aromatic heterocycles. The van der Waals surface area contributed by atoms with Crippen LogP contribution in [-0.2, 0) is 14.3 Å². The Hall–Kier alpha value is -1.10. The molecule has 1 atom stereocenters. The Morgan fingerprint density at radius 1 is 1.47 bits per heavy atom. The van der Waals surface area contributed by atoms with E-state index in [1.54, 1.807) is 14.2 Å². The number of carbonyl (C=O) groups is 2. The van der Waals surface area contributed by atoms with Crippen LogP contribution in [0.1, 0.15) is 19.8 Å². The molecule has 1 N–H and O–H groups in total. The van der Waals surface area contributed by atoms with Gasteiger partial charge in [0.25, 0.3) is 0 Å². The molecule has 5 nitrogen and oxygen atoms in total. The molecule has 1 amide bonds. The number of amides is 1. The first-order valence-electron chi connectivity index (χ1n) is 4.92. The third-order valence-electron chi connectivity index (χ3n) is 2.06. The van der Waals surface area contributed by atoms with Gasteiger partial charge in [0.2, 0.25) is 5.91 Å². The second kappa shape index (κ2) is 7.23. The Labute approximate surface area is 90.0 Å². The van der Waals surface area contributed by atoms with Crippen LogP contribution >= 0.6 is 0 Å². The molecule has 0 spiro atoms. The van der Waals surface area contributed by atoms with E-state index in [1.165, 1.54) is 4.90 Å². The fourth-order valence-corrected chi connectivity index (χ4v) is 1.19. The Kier molecular flexibility index (Phi) is 6.70. The monoisotopic (exact) mass is 217 g/mol. The zero-order chi connectivity index (χ0) is 11.8. The summed E-state index contributed by atoms with van der Waals surface area (Å²) in [5.74, 6) is -0.768. The van der Waals surface area contributed by atoms with E-state index in [4.69, 9.17) is 9.84 Å². The van der Waals surface area contributed by atoms with Gasteiger partial charge in [0, 0.05) is 33.7 Å². The summed E-state index contributed by atoms with van der Waals surface area (Å²) in [6.45, 7) is 2.72. The maximum Gasteiger partial charge on any atom is 0.305 e. The molecule has 0 fully saturated rings. The summed E-state index contributed by atoms with van der Waals surface area (Å²) in [6, 6.07) is 0. The first-order chi connectivity index (χ1) is 6.97. The highest BCUT2D eigenvalue weighted by Gasteiger charge is 2.13. The van der Waals surface area contributed by atoms with Gasteiger partial charge >= 0.3 is 5.97 Å². The van der Waals surface area contributed by atoms with Crippen molar-refractivity contribution in [1.82, 2.24) is 4.90 Å². The SMILES string of the molecule is COCC(C)CC(=O)N(C)CCC(=O)O. The van der Waals surface area contributed by atoms with Crippen LogP contribution in [0.15, 0.2) is 0 Å². The summed E-state index contributed by atoms with van der Waals surface area (Å²) < 4.78 is 4.92. The molecular weight excluding hydrogens is 198 g/mol. The largest absolute Gasteiger partial charge is 0.481 e. The number of carboxylic acid groups (broad SMARTS) is 1. The van der Waals surface area contributed by atoms with Crippen molar-refractivity contribution in [2.24, 2.45) is 5.92 Å². The van der Waals surface area contributed by atoms with E-state index in [-0.39, 0.29) is 24.8 Å². The number of carbonyl (C=O) groups excluding carboxylic acids is 1. The first-order valence-corrected chi connectivity index (χ1v) is 4.92. The van der Waals surface area contributed by atoms with Crippen LogP contribution in [0.4, 0.5) is 0 Å². The molecule has 0 saturated carbocycles. The molecule has 0 saturated heterocycles. The number of ether oxygens (including phenoxy) is 1. The molecular formula is C10H19NO4. The first kappa shape index (κ1) is 13.9. The zero-order valence-corrected chi connectivity index (χ0v) is 9.52. The van der Waals surface area contributed by atoms with Crippen LogP contribution in [0.2, 0.25) is 0 Å². The Balaban J connectivity index is 3.82. The van der Waals surface area contributed by atoms with Gasteiger partial charge in [-0.3, -0.25) is 9.59 Å². The molecule has 15 heavy (non-hydrogen) atoms. The highest BCUT2D eigenvalue weighted by atomic mass is 16.5. The topological polar surface area (TPSA) is 66.8 Å². The third kappa shape index (κ3) is 6.90. The highest BCUT2D eigenvalue weighted by molar-refractivity contribution is 5.76. The van der Waals surface area contributed by atoms with Gasteiger partial charge in [0.15, 0.2) is 0 Å². The molecule has 1 unspecified atom stereocenters. The summed E-state index contributed by atoms with van der Waals surface area (Å²) in [5, 5.41) is 8.45. The van der Waals surface area contributed by atoms with E-state index in [2.05, 4.69) is 0 Å². The number of aliphatic carboxylic acids is 1. The predicted octanol–water partition coefficient (Wildman–Crippen LogP) is 0.592. The van der Waals surface area contributed by atoms with Crippen LogP contribution in [0.25, 0.3) is 0 Å². The summed E-state index contributed by atoms with van der Waals surface area (Å²) in [6.07, 6.45) is 0.380. The minimum atomic E-state index is -0.889. The quantitative estimate of drug-likeness (QED) is 0.678. The van der Waals surface area contributed by atoms with Crippen molar-refractivity contribution in [2.75, 3.05) is 27.3 Å². The Morgan fingerprint density at radius 2 is 2.07 bits per heavy atom. The van der Waals surface area contributed by atoms with Gasteiger partial charge < -0.3 is 14.7 Å². The third-order valence-corrected chi connectivity index (χ3v) is 2.06. The fraction of sp³-hybridized carbons (Fsp3) is 0.800. The van der Waals surface area contributed by atoms with E-state index in [0.717, 1.165) is 0 Å². The molecule has 0 rings (SSSR count). The molecule has 0 aliphatic rings. The predicted molar refractivity (Wildman–Crippen MR) is 55.5 cm³/mol. The van der Waals surface area contributed by atoms with Crippen LogP contribution in [-0.4, -0.2) is 49.2 Å². The van der Waals surface area contributed by atoms with E-state index in [0.29, 0.717) is 13.0 Å². The second-order valence-electron chi connectivity index (χ2n) is 3.72. The lowest BCUT2D eigenvalue weighted by Gasteiger charge is -2.18. The van der Waals surface area contributed by atoms with Crippen molar-refractivity contribution in [3.05, 3.63) is 0 Å². The maximum absolute atomic E-state index is 11.5. The Bertz CT molecular complexity index is 217. The van der Waals surface area contributed by atoms with Gasteiger partial charge in [-0.1, -0.05) is 6.92 Å². The molecule has 0 heterocycles. The van der Waals surface area contributed by atoms with Crippen LogP contribution in [0.5, 0.6) is 0 Å². The van der Waals surface area contributed by atoms with Crippen LogP contribution in [0.3, 0.4) is 0 Å². The zero-order valence-electron chi connectivity index (χ0n) is 9.52. The van der Waals surface area contributed by atoms with Crippen molar-refractivity contribution in [3.8, 4) is 0 Å². The van der Waals surface area contributed by atoms with Crippen LogP contribution in [0, 0.1) is 5.92 Å². The second-order valence-corrected chi connectivity index (χ2v) is 3.72. The molecule has 0 radical (unpaired) electrons. The van der Waals surface area contributed by atoms with E-state index < -0.39 is 5.97 Å². The summed E-state index contributed by atoms with van der Waals surface area (Å²) in [4.78, 5) is 23.3. The van der Waals surface area contributed by atoms with E-state index in [9.17, 15) is 9.59 Å². The molecule has 0 bridgehead atoms. The van der Waals surface area contributed by atoms with Crippen molar-refractivity contribution in [2.45, 2.75) is 19.8 Å². The molecule has 0 aromatic carbocycles. The van der Waals surface area contributed by atoms with Crippen molar-refractivity contribution in [3.63, 3.8) is 0 Å². The van der Waals surface area contributed by atoms with Crippen molar-refractivity contribution in [1.29, 1.82) is 0 Å². The summed E-state index contributed by atoms with van der Waals surface area (Å²) in [7, 11) is 3.21. The number of carboxylic acids is 1. The average molecular weight is 217 g/mol. The lowest BCUT2D eigenvalue weighted by Crippen LogP contribution is -2.30. The summed E-state index contributed by atoms with van der Waals surface area (Å²) >= 11 is 0. The van der Waals surface area contributed by atoms with Gasteiger partial charge in [0.05, 0.1) is 6.42 Å². The van der Waals surface area contributed by atoms with Crippen molar-refractivity contribution < 1.29 is 19.4 Å². The number of rotatable bonds is 7. The number of nitrogens with zero attached hydrogens (tertiary/aromatic N) is 1. The van der Waals surface area contributed by atoms with Gasteiger partial charge in [-0.2, -0.15) is 0 Å². The van der Waals surface area contributed by atoms with Crippen molar-refractivity contribution >= 4 is 11.9 Å². The normalized spacial score (nSPS) is 12.2. The van der Waals surface area contributed by atoms with Gasteiger partial charge in [0.1, 0.15) is 0 Å². The Morgan fingerprint density at radius 3 is 2.53 bits per heavy atom. The minimum absolute atomic E-state index is 0.0130.